The predicted molar refractivity (Wildman–Crippen MR) is 93.5 cm³/mol. The summed E-state index contributed by atoms with van der Waals surface area (Å²) in [5.41, 5.74) is 6.34. The molecule has 0 saturated heterocycles. The summed E-state index contributed by atoms with van der Waals surface area (Å²) < 4.78 is 5.05. The van der Waals surface area contributed by atoms with Crippen LogP contribution in [0, 0.1) is 0 Å². The number of hydrogen-bond acceptors (Lipinski definition) is 3. The van der Waals surface area contributed by atoms with Crippen LogP contribution in [0.15, 0.2) is 54.6 Å². The minimum absolute atomic E-state index is 0.158. The topological polar surface area (TPSA) is 67.4 Å². The molecule has 0 heterocycles. The van der Waals surface area contributed by atoms with Gasteiger partial charge in [0.05, 0.1) is 13.5 Å². The van der Waals surface area contributed by atoms with Crippen molar-refractivity contribution in [2.75, 3.05) is 7.11 Å². The zero-order chi connectivity index (χ0) is 17.4. The average Bonchev–Trinajstić information content (AvgIpc) is 2.60. The minimum Gasteiger partial charge on any atom is -0.497 e. The van der Waals surface area contributed by atoms with E-state index in [1.165, 1.54) is 6.08 Å². The maximum absolute atomic E-state index is 11.8. The molecule has 2 aromatic rings. The first-order valence-corrected chi connectivity index (χ1v) is 7.60. The molecule has 0 radical (unpaired) electrons. The Morgan fingerprint density at radius 1 is 1.04 bits per heavy atom. The van der Waals surface area contributed by atoms with Gasteiger partial charge in [-0.3, -0.25) is 20.4 Å². The third-order valence-electron chi connectivity index (χ3n) is 3.15. The molecule has 2 rings (SSSR count). The van der Waals surface area contributed by atoms with Gasteiger partial charge in [0, 0.05) is 11.1 Å². The van der Waals surface area contributed by atoms with Crippen LogP contribution in [0.2, 0.25) is 5.02 Å². The number of hydrazine groups is 1. The van der Waals surface area contributed by atoms with Crippen LogP contribution >= 0.6 is 11.6 Å². The summed E-state index contributed by atoms with van der Waals surface area (Å²) in [6.45, 7) is 0. The lowest BCUT2D eigenvalue weighted by molar-refractivity contribution is -0.126. The molecule has 0 aromatic heterocycles. The van der Waals surface area contributed by atoms with Gasteiger partial charge in [0.15, 0.2) is 0 Å². The third kappa shape index (κ3) is 5.78. The zero-order valence-electron chi connectivity index (χ0n) is 13.1. The zero-order valence-corrected chi connectivity index (χ0v) is 13.8. The molecule has 0 saturated carbocycles. The van der Waals surface area contributed by atoms with Gasteiger partial charge >= 0.3 is 0 Å². The van der Waals surface area contributed by atoms with Crippen LogP contribution in [0.4, 0.5) is 0 Å². The maximum atomic E-state index is 11.8. The molecule has 6 heteroatoms. The van der Waals surface area contributed by atoms with Gasteiger partial charge in [0.25, 0.3) is 5.91 Å². The van der Waals surface area contributed by atoms with Crippen molar-refractivity contribution in [1.82, 2.24) is 10.9 Å². The second-order valence-corrected chi connectivity index (χ2v) is 5.38. The van der Waals surface area contributed by atoms with Gasteiger partial charge in [-0.2, -0.15) is 0 Å². The number of methoxy groups -OCH3 is 1. The van der Waals surface area contributed by atoms with Crippen molar-refractivity contribution in [3.8, 4) is 5.75 Å². The fourth-order valence-corrected chi connectivity index (χ4v) is 2.02. The highest BCUT2D eigenvalue weighted by Gasteiger charge is 2.04. The van der Waals surface area contributed by atoms with Crippen LogP contribution in [0.1, 0.15) is 11.1 Å². The predicted octanol–water partition coefficient (Wildman–Crippen LogP) is 2.75. The number of carbonyl (C=O) groups excluding carboxylic acids is 2. The van der Waals surface area contributed by atoms with Gasteiger partial charge in [-0.15, -0.1) is 0 Å². The smallest absolute Gasteiger partial charge is 0.262 e. The van der Waals surface area contributed by atoms with Gasteiger partial charge in [0.1, 0.15) is 5.75 Å². The number of benzene rings is 2. The second kappa shape index (κ2) is 8.74. The Labute approximate surface area is 145 Å². The van der Waals surface area contributed by atoms with Crippen LogP contribution in [0.5, 0.6) is 5.75 Å². The highest BCUT2D eigenvalue weighted by Crippen LogP contribution is 2.11. The number of ether oxygens (including phenoxy) is 1. The molecule has 2 aromatic carbocycles. The molecule has 0 fully saturated rings. The lowest BCUT2D eigenvalue weighted by atomic mass is 10.1. The molecule has 0 aliphatic carbocycles. The SMILES string of the molecule is COc1ccc(CC(=O)NNC(=O)/C=C/c2ccc(Cl)cc2)cc1. The van der Waals surface area contributed by atoms with Gasteiger partial charge in [0.2, 0.25) is 5.91 Å². The van der Waals surface area contributed by atoms with Crippen molar-refractivity contribution in [3.63, 3.8) is 0 Å². The van der Waals surface area contributed by atoms with E-state index >= 15 is 0 Å². The van der Waals surface area contributed by atoms with E-state index in [1.807, 2.05) is 0 Å². The fourth-order valence-electron chi connectivity index (χ4n) is 1.89. The van der Waals surface area contributed by atoms with Crippen molar-refractivity contribution in [3.05, 3.63) is 70.8 Å². The average molecular weight is 345 g/mol. The quantitative estimate of drug-likeness (QED) is 0.647. The molecule has 124 valence electrons. The Hall–Kier alpha value is -2.79. The third-order valence-corrected chi connectivity index (χ3v) is 3.40. The highest BCUT2D eigenvalue weighted by molar-refractivity contribution is 6.30. The molecule has 0 unspecified atom stereocenters. The first kappa shape index (κ1) is 17.6. The highest BCUT2D eigenvalue weighted by atomic mass is 35.5. The van der Waals surface area contributed by atoms with Crippen molar-refractivity contribution >= 4 is 29.5 Å². The summed E-state index contributed by atoms with van der Waals surface area (Å²) in [6, 6.07) is 14.2. The molecule has 0 aliphatic rings. The Morgan fingerprint density at radius 2 is 1.71 bits per heavy atom. The van der Waals surface area contributed by atoms with E-state index < -0.39 is 5.91 Å². The molecule has 2 amide bonds. The van der Waals surface area contributed by atoms with E-state index in [1.54, 1.807) is 61.7 Å². The van der Waals surface area contributed by atoms with E-state index in [4.69, 9.17) is 16.3 Å². The molecule has 0 bridgehead atoms. The molecule has 24 heavy (non-hydrogen) atoms. The van der Waals surface area contributed by atoms with E-state index in [0.29, 0.717) is 5.02 Å². The normalized spacial score (nSPS) is 10.4. The number of hydrogen-bond donors (Lipinski definition) is 2. The molecule has 0 atom stereocenters. The molecular weight excluding hydrogens is 328 g/mol. The number of halogens is 1. The number of amides is 2. The lowest BCUT2D eigenvalue weighted by Crippen LogP contribution is -2.41. The van der Waals surface area contributed by atoms with Crippen LogP contribution in [-0.4, -0.2) is 18.9 Å². The van der Waals surface area contributed by atoms with Crippen LogP contribution in [0.3, 0.4) is 0 Å². The van der Waals surface area contributed by atoms with Crippen molar-refractivity contribution in [2.24, 2.45) is 0 Å². The van der Waals surface area contributed by atoms with Gasteiger partial charge in [-0.25, -0.2) is 0 Å². The Balaban J connectivity index is 1.78. The second-order valence-electron chi connectivity index (χ2n) is 4.95. The number of rotatable bonds is 5. The van der Waals surface area contributed by atoms with E-state index in [0.717, 1.165) is 16.9 Å². The molecule has 0 aliphatic heterocycles. The van der Waals surface area contributed by atoms with Crippen molar-refractivity contribution in [2.45, 2.75) is 6.42 Å². The lowest BCUT2D eigenvalue weighted by Gasteiger charge is -2.06. The van der Waals surface area contributed by atoms with Gasteiger partial charge < -0.3 is 4.74 Å². The summed E-state index contributed by atoms with van der Waals surface area (Å²) in [4.78, 5) is 23.5. The summed E-state index contributed by atoms with van der Waals surface area (Å²) in [5, 5.41) is 0.627. The van der Waals surface area contributed by atoms with E-state index in [2.05, 4.69) is 10.9 Å². The monoisotopic (exact) mass is 344 g/mol. The Kier molecular flexibility index (Phi) is 6.40. The Morgan fingerprint density at radius 3 is 2.33 bits per heavy atom. The summed E-state index contributed by atoms with van der Waals surface area (Å²) in [6.07, 6.45) is 3.11. The maximum Gasteiger partial charge on any atom is 0.262 e. The van der Waals surface area contributed by atoms with Crippen LogP contribution in [-0.2, 0) is 16.0 Å². The first-order valence-electron chi connectivity index (χ1n) is 7.22. The van der Waals surface area contributed by atoms with Crippen molar-refractivity contribution in [1.29, 1.82) is 0 Å². The molecule has 0 spiro atoms. The molecule has 5 nitrogen and oxygen atoms in total. The van der Waals surface area contributed by atoms with Gasteiger partial charge in [-0.1, -0.05) is 35.9 Å². The summed E-state index contributed by atoms with van der Waals surface area (Å²) >= 11 is 5.78. The Bertz CT molecular complexity index is 725. The minimum atomic E-state index is -0.423. The van der Waals surface area contributed by atoms with Crippen LogP contribution in [0.25, 0.3) is 6.08 Å². The number of carbonyl (C=O) groups is 2. The largest absolute Gasteiger partial charge is 0.497 e. The van der Waals surface area contributed by atoms with E-state index in [-0.39, 0.29) is 12.3 Å². The standard InChI is InChI=1S/C18H17ClN2O3/c1-24-16-9-4-14(5-10-16)12-18(23)21-20-17(22)11-6-13-2-7-15(19)8-3-13/h2-11H,12H2,1H3,(H,20,22)(H,21,23)/b11-6+. The fraction of sp³-hybridized carbons (Fsp3) is 0.111. The summed E-state index contributed by atoms with van der Waals surface area (Å²) in [7, 11) is 1.58. The summed E-state index contributed by atoms with van der Waals surface area (Å²) in [5.74, 6) is -0.0127. The molecular formula is C18H17ClN2O3. The van der Waals surface area contributed by atoms with Crippen molar-refractivity contribution < 1.29 is 14.3 Å². The van der Waals surface area contributed by atoms with Crippen LogP contribution < -0.4 is 15.6 Å². The first-order chi connectivity index (χ1) is 11.6. The van der Waals surface area contributed by atoms with Gasteiger partial charge in [-0.05, 0) is 41.5 Å². The number of nitrogens with one attached hydrogen (secondary N) is 2. The van der Waals surface area contributed by atoms with E-state index in [9.17, 15) is 9.59 Å². The molecule has 2 N–H and O–H groups in total.